The summed E-state index contributed by atoms with van der Waals surface area (Å²) >= 11 is 0. The molecule has 2 aromatic rings. The molecule has 1 aliphatic rings. The SMILES string of the molecule is CCN(CCc1ccncc1)C(=O)Nc1ccc2c(c1)C(=O)N(C(C)(C)C)C2=O. The summed E-state index contributed by atoms with van der Waals surface area (Å²) in [4.78, 5) is 44.9. The Labute approximate surface area is 170 Å². The molecule has 2 heterocycles. The zero-order valence-corrected chi connectivity index (χ0v) is 17.2. The fraction of sp³-hybridized carbons (Fsp3) is 0.364. The van der Waals surface area contributed by atoms with Crippen LogP contribution in [0.5, 0.6) is 0 Å². The number of likely N-dealkylation sites (N-methyl/N-ethyl adjacent to an activating group) is 1. The number of imide groups is 1. The molecule has 0 saturated carbocycles. The summed E-state index contributed by atoms with van der Waals surface area (Å²) in [5.41, 5.74) is 1.68. The first-order valence-corrected chi connectivity index (χ1v) is 9.70. The predicted molar refractivity (Wildman–Crippen MR) is 111 cm³/mol. The molecule has 0 fully saturated rings. The van der Waals surface area contributed by atoms with E-state index in [2.05, 4.69) is 10.3 Å². The summed E-state index contributed by atoms with van der Waals surface area (Å²) < 4.78 is 0. The van der Waals surface area contributed by atoms with Crippen molar-refractivity contribution in [3.05, 3.63) is 59.4 Å². The lowest BCUT2D eigenvalue weighted by atomic mass is 10.1. The number of aromatic nitrogens is 1. The number of amides is 4. The summed E-state index contributed by atoms with van der Waals surface area (Å²) in [6.07, 6.45) is 4.19. The van der Waals surface area contributed by atoms with Crippen LogP contribution in [0.1, 0.15) is 54.0 Å². The molecule has 1 aromatic carbocycles. The van der Waals surface area contributed by atoms with Gasteiger partial charge < -0.3 is 10.2 Å². The van der Waals surface area contributed by atoms with Gasteiger partial charge in [0.25, 0.3) is 11.8 Å². The monoisotopic (exact) mass is 394 g/mol. The van der Waals surface area contributed by atoms with E-state index in [1.807, 2.05) is 39.8 Å². The van der Waals surface area contributed by atoms with E-state index >= 15 is 0 Å². The highest BCUT2D eigenvalue weighted by molar-refractivity contribution is 6.22. The molecule has 0 atom stereocenters. The Morgan fingerprint density at radius 3 is 2.34 bits per heavy atom. The van der Waals surface area contributed by atoms with E-state index in [0.29, 0.717) is 29.9 Å². The molecule has 4 amide bonds. The lowest BCUT2D eigenvalue weighted by molar-refractivity contribution is 0.0507. The largest absolute Gasteiger partial charge is 0.324 e. The molecular weight excluding hydrogens is 368 g/mol. The molecule has 0 radical (unpaired) electrons. The first kappa shape index (κ1) is 20.5. The van der Waals surface area contributed by atoms with Gasteiger partial charge in [0.2, 0.25) is 0 Å². The molecule has 0 saturated heterocycles. The third-order valence-electron chi connectivity index (χ3n) is 4.90. The van der Waals surface area contributed by atoms with Crippen molar-refractivity contribution in [1.82, 2.24) is 14.8 Å². The summed E-state index contributed by atoms with van der Waals surface area (Å²) in [5.74, 6) is -0.637. The molecule has 29 heavy (non-hydrogen) atoms. The van der Waals surface area contributed by atoms with Crippen molar-refractivity contribution in [3.8, 4) is 0 Å². The molecule has 7 nitrogen and oxygen atoms in total. The van der Waals surface area contributed by atoms with Gasteiger partial charge in [-0.2, -0.15) is 0 Å². The summed E-state index contributed by atoms with van der Waals surface area (Å²) in [7, 11) is 0. The van der Waals surface area contributed by atoms with Crippen LogP contribution in [0, 0.1) is 0 Å². The lowest BCUT2D eigenvalue weighted by Gasteiger charge is -2.29. The number of nitrogens with one attached hydrogen (secondary N) is 1. The van der Waals surface area contributed by atoms with E-state index in [1.54, 1.807) is 35.5 Å². The van der Waals surface area contributed by atoms with Crippen LogP contribution in [-0.2, 0) is 6.42 Å². The number of carbonyl (C=O) groups excluding carboxylic acids is 3. The minimum absolute atomic E-state index is 0.244. The summed E-state index contributed by atoms with van der Waals surface area (Å²) in [6.45, 7) is 8.49. The number of hydrogen-bond donors (Lipinski definition) is 1. The third kappa shape index (κ3) is 4.29. The zero-order chi connectivity index (χ0) is 21.2. The number of urea groups is 1. The highest BCUT2D eigenvalue weighted by atomic mass is 16.2. The quantitative estimate of drug-likeness (QED) is 0.786. The van der Waals surface area contributed by atoms with E-state index in [9.17, 15) is 14.4 Å². The van der Waals surface area contributed by atoms with Crippen LogP contribution in [0.15, 0.2) is 42.7 Å². The fourth-order valence-corrected chi connectivity index (χ4v) is 3.35. The molecule has 1 aliphatic heterocycles. The standard InChI is InChI=1S/C22H26N4O3/c1-5-25(13-10-15-8-11-23-12-9-15)21(29)24-16-6-7-17-18(14-16)20(28)26(19(17)27)22(2,3)4/h6-9,11-12,14H,5,10,13H2,1-4H3,(H,24,29). The van der Waals surface area contributed by atoms with Gasteiger partial charge in [0.15, 0.2) is 0 Å². The Balaban J connectivity index is 1.71. The van der Waals surface area contributed by atoms with Crippen LogP contribution >= 0.6 is 0 Å². The van der Waals surface area contributed by atoms with Crippen LogP contribution in [0.25, 0.3) is 0 Å². The Hall–Kier alpha value is -3.22. The number of fused-ring (bicyclic) bond motifs is 1. The molecule has 0 aliphatic carbocycles. The highest BCUT2D eigenvalue weighted by Crippen LogP contribution is 2.31. The van der Waals surface area contributed by atoms with Crippen LogP contribution in [-0.4, -0.2) is 51.3 Å². The molecule has 7 heteroatoms. The minimum atomic E-state index is -0.609. The van der Waals surface area contributed by atoms with Crippen molar-refractivity contribution in [3.63, 3.8) is 0 Å². The Morgan fingerprint density at radius 2 is 1.72 bits per heavy atom. The average molecular weight is 394 g/mol. The maximum atomic E-state index is 12.7. The van der Waals surface area contributed by atoms with Crippen LogP contribution in [0.2, 0.25) is 0 Å². The predicted octanol–water partition coefficient (Wildman–Crippen LogP) is 3.57. The van der Waals surface area contributed by atoms with Gasteiger partial charge in [-0.15, -0.1) is 0 Å². The lowest BCUT2D eigenvalue weighted by Crippen LogP contribution is -2.45. The van der Waals surface area contributed by atoms with Crippen molar-refractivity contribution in [2.75, 3.05) is 18.4 Å². The normalized spacial score (nSPS) is 13.4. The minimum Gasteiger partial charge on any atom is -0.324 e. The number of pyridine rings is 1. The van der Waals surface area contributed by atoms with Gasteiger partial charge in [-0.1, -0.05) is 0 Å². The zero-order valence-electron chi connectivity index (χ0n) is 17.2. The Bertz CT molecular complexity index is 935. The molecule has 0 unspecified atom stereocenters. The number of benzene rings is 1. The number of hydrogen-bond acceptors (Lipinski definition) is 4. The van der Waals surface area contributed by atoms with E-state index in [0.717, 1.165) is 12.0 Å². The maximum absolute atomic E-state index is 12.7. The number of rotatable bonds is 5. The van der Waals surface area contributed by atoms with Gasteiger partial charge in [-0.05, 0) is 70.0 Å². The number of nitrogens with zero attached hydrogens (tertiary/aromatic N) is 3. The van der Waals surface area contributed by atoms with Crippen molar-refractivity contribution in [2.45, 2.75) is 39.7 Å². The first-order chi connectivity index (χ1) is 13.7. The second kappa shape index (κ2) is 8.03. The highest BCUT2D eigenvalue weighted by Gasteiger charge is 2.41. The second-order valence-corrected chi connectivity index (χ2v) is 7.99. The number of anilines is 1. The van der Waals surface area contributed by atoms with Crippen LogP contribution in [0.4, 0.5) is 10.5 Å². The topological polar surface area (TPSA) is 82.6 Å². The Kier molecular flexibility index (Phi) is 5.68. The molecule has 0 bridgehead atoms. The van der Waals surface area contributed by atoms with Gasteiger partial charge >= 0.3 is 6.03 Å². The molecule has 1 aromatic heterocycles. The molecule has 152 valence electrons. The van der Waals surface area contributed by atoms with Gasteiger partial charge in [-0.25, -0.2) is 4.79 Å². The van der Waals surface area contributed by atoms with Gasteiger partial charge in [0.05, 0.1) is 11.1 Å². The van der Waals surface area contributed by atoms with E-state index in [1.165, 1.54) is 4.90 Å². The van der Waals surface area contributed by atoms with Gasteiger partial charge in [0, 0.05) is 36.7 Å². The number of carbonyl (C=O) groups is 3. The first-order valence-electron chi connectivity index (χ1n) is 9.70. The van der Waals surface area contributed by atoms with Crippen molar-refractivity contribution in [1.29, 1.82) is 0 Å². The van der Waals surface area contributed by atoms with Gasteiger partial charge in [0.1, 0.15) is 0 Å². The van der Waals surface area contributed by atoms with Crippen molar-refractivity contribution in [2.24, 2.45) is 0 Å². The van der Waals surface area contributed by atoms with Crippen molar-refractivity contribution >= 4 is 23.5 Å². The van der Waals surface area contributed by atoms with Crippen molar-refractivity contribution < 1.29 is 14.4 Å². The second-order valence-electron chi connectivity index (χ2n) is 7.99. The molecule has 3 rings (SSSR count). The Morgan fingerprint density at radius 1 is 1.07 bits per heavy atom. The third-order valence-corrected chi connectivity index (χ3v) is 4.90. The fourth-order valence-electron chi connectivity index (χ4n) is 3.35. The summed E-state index contributed by atoms with van der Waals surface area (Å²) in [5, 5.41) is 2.84. The van der Waals surface area contributed by atoms with Gasteiger partial charge in [-0.3, -0.25) is 19.5 Å². The van der Waals surface area contributed by atoms with E-state index in [-0.39, 0.29) is 17.8 Å². The smallest absolute Gasteiger partial charge is 0.321 e. The summed E-state index contributed by atoms with van der Waals surface area (Å²) in [6, 6.07) is 8.45. The van der Waals surface area contributed by atoms with E-state index in [4.69, 9.17) is 0 Å². The molecule has 0 spiro atoms. The van der Waals surface area contributed by atoms with E-state index < -0.39 is 5.54 Å². The maximum Gasteiger partial charge on any atom is 0.321 e. The molecule has 1 N–H and O–H groups in total. The average Bonchev–Trinajstić information content (AvgIpc) is 2.93. The van der Waals surface area contributed by atoms with Crippen LogP contribution in [0.3, 0.4) is 0 Å². The van der Waals surface area contributed by atoms with Crippen LogP contribution < -0.4 is 5.32 Å². The molecular formula is C22H26N4O3.